The van der Waals surface area contributed by atoms with Gasteiger partial charge in [-0.1, -0.05) is 0 Å². The van der Waals surface area contributed by atoms with E-state index in [1.807, 2.05) is 6.20 Å². The van der Waals surface area contributed by atoms with Crippen molar-refractivity contribution in [2.75, 3.05) is 6.54 Å². The summed E-state index contributed by atoms with van der Waals surface area (Å²) in [5.41, 5.74) is 2.84. The highest BCUT2D eigenvalue weighted by Gasteiger charge is 2.46. The molecule has 0 aromatic carbocycles. The zero-order valence-electron chi connectivity index (χ0n) is 8.83. The van der Waals surface area contributed by atoms with Gasteiger partial charge in [0.25, 0.3) is 0 Å². The number of hydrogen-bond donors (Lipinski definition) is 1. The van der Waals surface area contributed by atoms with Crippen LogP contribution in [0.25, 0.3) is 0 Å². The summed E-state index contributed by atoms with van der Waals surface area (Å²) in [4.78, 5) is 0. The zero-order chi connectivity index (χ0) is 9.71. The van der Waals surface area contributed by atoms with Crippen LogP contribution in [0.1, 0.15) is 30.0 Å². The van der Waals surface area contributed by atoms with Gasteiger partial charge in [-0.05, 0) is 37.8 Å². The van der Waals surface area contributed by atoms with Crippen LogP contribution < -0.4 is 5.32 Å². The zero-order valence-corrected chi connectivity index (χ0v) is 8.83. The summed E-state index contributed by atoms with van der Waals surface area (Å²) in [7, 11) is 2.07. The van der Waals surface area contributed by atoms with Gasteiger partial charge in [-0.3, -0.25) is 4.68 Å². The van der Waals surface area contributed by atoms with Crippen molar-refractivity contribution < 1.29 is 0 Å². The summed E-state index contributed by atoms with van der Waals surface area (Å²) in [5.74, 6) is 1.64. The van der Waals surface area contributed by atoms with Gasteiger partial charge < -0.3 is 5.32 Å². The predicted octanol–water partition coefficient (Wildman–Crippen LogP) is 1.19. The molecule has 3 atom stereocenters. The summed E-state index contributed by atoms with van der Waals surface area (Å²) in [5, 5.41) is 7.90. The Kier molecular flexibility index (Phi) is 1.71. The lowest BCUT2D eigenvalue weighted by Crippen LogP contribution is -2.29. The van der Waals surface area contributed by atoms with Crippen LogP contribution in [0, 0.1) is 12.8 Å². The lowest BCUT2D eigenvalue weighted by molar-refractivity contribution is 0.422. The molecule has 3 rings (SSSR count). The highest BCUT2D eigenvalue weighted by atomic mass is 15.3. The SMILES string of the molecule is Cc1cnn(C)c1[C@H]1CCN[C@H]2C[C@H]21. The van der Waals surface area contributed by atoms with E-state index in [1.54, 1.807) is 0 Å². The Hall–Kier alpha value is -0.830. The van der Waals surface area contributed by atoms with Gasteiger partial charge in [0, 0.05) is 24.7 Å². The number of aromatic nitrogens is 2. The fourth-order valence-electron chi connectivity index (χ4n) is 2.96. The van der Waals surface area contributed by atoms with Crippen molar-refractivity contribution in [2.24, 2.45) is 13.0 Å². The molecule has 0 unspecified atom stereocenters. The van der Waals surface area contributed by atoms with Crippen molar-refractivity contribution in [3.05, 3.63) is 17.5 Å². The van der Waals surface area contributed by atoms with Crippen LogP contribution in [0.4, 0.5) is 0 Å². The van der Waals surface area contributed by atoms with Gasteiger partial charge in [0.1, 0.15) is 0 Å². The molecule has 1 aromatic rings. The lowest BCUT2D eigenvalue weighted by Gasteiger charge is -2.23. The van der Waals surface area contributed by atoms with Gasteiger partial charge in [0.2, 0.25) is 0 Å². The Morgan fingerprint density at radius 3 is 3.14 bits per heavy atom. The first-order chi connectivity index (χ1) is 6.77. The number of fused-ring (bicyclic) bond motifs is 1. The van der Waals surface area contributed by atoms with E-state index in [2.05, 4.69) is 29.1 Å². The van der Waals surface area contributed by atoms with Crippen molar-refractivity contribution in [3.8, 4) is 0 Å². The van der Waals surface area contributed by atoms with Crippen LogP contribution in [0.3, 0.4) is 0 Å². The average Bonchev–Trinajstić information content (AvgIpc) is 2.88. The van der Waals surface area contributed by atoms with Gasteiger partial charge in [-0.2, -0.15) is 5.10 Å². The molecule has 1 aliphatic heterocycles. The van der Waals surface area contributed by atoms with Gasteiger partial charge >= 0.3 is 0 Å². The molecule has 2 aliphatic rings. The van der Waals surface area contributed by atoms with Gasteiger partial charge in [-0.25, -0.2) is 0 Å². The molecular formula is C11H17N3. The number of rotatable bonds is 1. The van der Waals surface area contributed by atoms with E-state index in [-0.39, 0.29) is 0 Å². The van der Waals surface area contributed by atoms with Gasteiger partial charge in [0.05, 0.1) is 6.20 Å². The third kappa shape index (κ3) is 1.12. The standard InChI is InChI=1S/C11H17N3/c1-7-6-13-14(2)11(7)8-3-4-12-10-5-9(8)10/h6,8-10,12H,3-5H2,1-2H3/t8-,9-,10-/m0/s1. The number of piperidine rings is 1. The molecule has 1 N–H and O–H groups in total. The molecule has 3 nitrogen and oxygen atoms in total. The molecule has 1 saturated carbocycles. The van der Waals surface area contributed by atoms with E-state index in [0.717, 1.165) is 17.9 Å². The molecule has 0 radical (unpaired) electrons. The van der Waals surface area contributed by atoms with Crippen molar-refractivity contribution >= 4 is 0 Å². The summed E-state index contributed by atoms with van der Waals surface area (Å²) in [6.07, 6.45) is 4.64. The highest BCUT2D eigenvalue weighted by Crippen LogP contribution is 2.47. The second kappa shape index (κ2) is 2.83. The third-order valence-electron chi connectivity index (χ3n) is 3.75. The Bertz CT molecular complexity index is 336. The molecule has 2 heterocycles. The maximum absolute atomic E-state index is 4.34. The Labute approximate surface area is 84.5 Å². The van der Waals surface area contributed by atoms with Crippen molar-refractivity contribution in [1.82, 2.24) is 15.1 Å². The van der Waals surface area contributed by atoms with Crippen molar-refractivity contribution in [3.63, 3.8) is 0 Å². The molecule has 76 valence electrons. The number of nitrogens with one attached hydrogen (secondary N) is 1. The van der Waals surface area contributed by atoms with Crippen molar-refractivity contribution in [2.45, 2.75) is 31.7 Å². The molecule has 1 aromatic heterocycles. The van der Waals surface area contributed by atoms with Gasteiger partial charge in [-0.15, -0.1) is 0 Å². The van der Waals surface area contributed by atoms with Crippen LogP contribution in [0.5, 0.6) is 0 Å². The van der Waals surface area contributed by atoms with Crippen LogP contribution in [0.2, 0.25) is 0 Å². The molecule has 14 heavy (non-hydrogen) atoms. The minimum atomic E-state index is 0.758. The molecule has 0 amide bonds. The minimum Gasteiger partial charge on any atom is -0.314 e. The van der Waals surface area contributed by atoms with Crippen LogP contribution >= 0.6 is 0 Å². The second-order valence-electron chi connectivity index (χ2n) is 4.69. The molecule has 1 aliphatic carbocycles. The highest BCUT2D eigenvalue weighted by molar-refractivity contribution is 5.25. The molecule has 0 bridgehead atoms. The largest absolute Gasteiger partial charge is 0.314 e. The molecular weight excluding hydrogens is 174 g/mol. The summed E-state index contributed by atoms with van der Waals surface area (Å²) < 4.78 is 2.07. The predicted molar refractivity (Wildman–Crippen MR) is 55.2 cm³/mol. The maximum atomic E-state index is 4.34. The van der Waals surface area contributed by atoms with E-state index < -0.39 is 0 Å². The van der Waals surface area contributed by atoms with E-state index in [4.69, 9.17) is 0 Å². The first-order valence-corrected chi connectivity index (χ1v) is 5.49. The summed E-state index contributed by atoms with van der Waals surface area (Å²) >= 11 is 0. The Morgan fingerprint density at radius 2 is 2.43 bits per heavy atom. The quantitative estimate of drug-likeness (QED) is 0.722. The smallest absolute Gasteiger partial charge is 0.0521 e. The number of nitrogens with zero attached hydrogens (tertiary/aromatic N) is 2. The van der Waals surface area contributed by atoms with E-state index in [1.165, 1.54) is 30.6 Å². The lowest BCUT2D eigenvalue weighted by atomic mass is 9.91. The van der Waals surface area contributed by atoms with Crippen LogP contribution in [-0.2, 0) is 7.05 Å². The Balaban J connectivity index is 1.94. The first-order valence-electron chi connectivity index (χ1n) is 5.49. The topological polar surface area (TPSA) is 29.9 Å². The second-order valence-corrected chi connectivity index (χ2v) is 4.69. The molecule has 3 heteroatoms. The fraction of sp³-hybridized carbons (Fsp3) is 0.727. The van der Waals surface area contributed by atoms with E-state index in [9.17, 15) is 0 Å². The van der Waals surface area contributed by atoms with Crippen LogP contribution in [-0.4, -0.2) is 22.4 Å². The van der Waals surface area contributed by atoms with Gasteiger partial charge in [0.15, 0.2) is 0 Å². The summed E-state index contributed by atoms with van der Waals surface area (Å²) in [6, 6.07) is 0.808. The minimum absolute atomic E-state index is 0.758. The third-order valence-corrected chi connectivity index (χ3v) is 3.75. The molecule has 2 fully saturated rings. The summed E-state index contributed by atoms with van der Waals surface area (Å²) in [6.45, 7) is 3.36. The average molecular weight is 191 g/mol. The molecule has 1 saturated heterocycles. The number of hydrogen-bond acceptors (Lipinski definition) is 2. The van der Waals surface area contributed by atoms with Crippen molar-refractivity contribution in [1.29, 1.82) is 0 Å². The first kappa shape index (κ1) is 8.48. The van der Waals surface area contributed by atoms with Crippen LogP contribution in [0.15, 0.2) is 6.20 Å². The normalized spacial score (nSPS) is 35.4. The van der Waals surface area contributed by atoms with E-state index in [0.29, 0.717) is 0 Å². The monoisotopic (exact) mass is 191 g/mol. The maximum Gasteiger partial charge on any atom is 0.0521 e. The molecule has 0 spiro atoms. The Morgan fingerprint density at radius 1 is 1.57 bits per heavy atom. The van der Waals surface area contributed by atoms with E-state index >= 15 is 0 Å². The number of aryl methyl sites for hydroxylation is 2. The fourth-order valence-corrected chi connectivity index (χ4v) is 2.96.